The summed E-state index contributed by atoms with van der Waals surface area (Å²) >= 11 is 3.30. The molecule has 3 N–H and O–H groups in total. The maximum Gasteiger partial charge on any atom is 0.300 e. The van der Waals surface area contributed by atoms with E-state index in [0.29, 0.717) is 11.3 Å². The number of nitrogens with one attached hydrogen (secondary N) is 1. The smallest absolute Gasteiger partial charge is 0.300 e. The molecule has 0 aliphatic heterocycles. The largest absolute Gasteiger partial charge is 0.452 e. The van der Waals surface area contributed by atoms with Crippen LogP contribution in [-0.4, -0.2) is 10.8 Å². The number of carbonyl (C=O) groups excluding carboxylic acids is 1. The minimum Gasteiger partial charge on any atom is -0.452 e. The molecular formula is C15H12BrN3O4. The maximum atomic E-state index is 11.8. The number of hydrazine groups is 1. The lowest BCUT2D eigenvalue weighted by molar-refractivity contribution is -0.384. The molecule has 23 heavy (non-hydrogen) atoms. The van der Waals surface area contributed by atoms with Gasteiger partial charge in [0.05, 0.1) is 4.92 Å². The van der Waals surface area contributed by atoms with Crippen molar-refractivity contribution in [3.63, 3.8) is 0 Å². The van der Waals surface area contributed by atoms with Crippen LogP contribution in [0.4, 0.5) is 5.69 Å². The van der Waals surface area contributed by atoms with E-state index in [-0.39, 0.29) is 11.4 Å². The third kappa shape index (κ3) is 4.63. The number of nitrogens with two attached hydrogens (primary N) is 1. The zero-order chi connectivity index (χ0) is 16.8. The van der Waals surface area contributed by atoms with Gasteiger partial charge in [-0.3, -0.25) is 20.3 Å². The van der Waals surface area contributed by atoms with Gasteiger partial charge in [0.1, 0.15) is 5.75 Å². The summed E-state index contributed by atoms with van der Waals surface area (Å²) in [6, 6.07) is 12.6. The van der Waals surface area contributed by atoms with Gasteiger partial charge < -0.3 is 4.74 Å². The molecule has 0 saturated heterocycles. The number of halogens is 1. The topological polar surface area (TPSA) is 107 Å². The van der Waals surface area contributed by atoms with Gasteiger partial charge in [-0.15, -0.1) is 0 Å². The van der Waals surface area contributed by atoms with Gasteiger partial charge in [-0.05, 0) is 48.0 Å². The molecule has 2 aromatic rings. The molecular weight excluding hydrogens is 366 g/mol. The van der Waals surface area contributed by atoms with Crippen LogP contribution in [0.1, 0.15) is 5.56 Å². The number of nitrogens with zero attached hydrogens (tertiary/aromatic N) is 1. The second-order valence-corrected chi connectivity index (χ2v) is 5.30. The normalized spacial score (nSPS) is 11.0. The quantitative estimate of drug-likeness (QED) is 0.208. The van der Waals surface area contributed by atoms with Crippen molar-refractivity contribution in [1.29, 1.82) is 0 Å². The van der Waals surface area contributed by atoms with E-state index in [1.165, 1.54) is 30.3 Å². The Morgan fingerprint density at radius 3 is 2.30 bits per heavy atom. The Balaban J connectivity index is 2.28. The van der Waals surface area contributed by atoms with Crippen LogP contribution in [0.5, 0.6) is 5.75 Å². The molecule has 0 saturated carbocycles. The average Bonchev–Trinajstić information content (AvgIpc) is 2.56. The number of hydrogen-bond donors (Lipinski definition) is 2. The van der Waals surface area contributed by atoms with E-state index in [1.807, 2.05) is 5.43 Å². The van der Waals surface area contributed by atoms with E-state index < -0.39 is 10.8 Å². The lowest BCUT2D eigenvalue weighted by Gasteiger charge is -2.09. The summed E-state index contributed by atoms with van der Waals surface area (Å²) in [4.78, 5) is 22.0. The van der Waals surface area contributed by atoms with Crippen LogP contribution in [-0.2, 0) is 4.79 Å². The zero-order valence-corrected chi connectivity index (χ0v) is 13.3. The molecule has 1 amide bonds. The molecule has 0 aliphatic rings. The Bertz CT molecular complexity index is 742. The van der Waals surface area contributed by atoms with E-state index in [4.69, 9.17) is 10.6 Å². The zero-order valence-electron chi connectivity index (χ0n) is 11.7. The van der Waals surface area contributed by atoms with Gasteiger partial charge in [-0.2, -0.15) is 0 Å². The minimum absolute atomic E-state index is 0.0383. The van der Waals surface area contributed by atoms with E-state index in [2.05, 4.69) is 15.9 Å². The minimum atomic E-state index is -0.619. The predicted molar refractivity (Wildman–Crippen MR) is 88.2 cm³/mol. The fourth-order valence-corrected chi connectivity index (χ4v) is 1.95. The summed E-state index contributed by atoms with van der Waals surface area (Å²) in [5.74, 6) is 4.94. The number of amides is 1. The maximum absolute atomic E-state index is 11.8. The molecule has 7 nitrogen and oxygen atoms in total. The molecule has 8 heteroatoms. The number of nitro benzene ring substituents is 1. The van der Waals surface area contributed by atoms with Gasteiger partial charge >= 0.3 is 5.91 Å². The summed E-state index contributed by atoms with van der Waals surface area (Å²) in [5.41, 5.74) is 2.52. The van der Waals surface area contributed by atoms with Gasteiger partial charge in [0, 0.05) is 16.6 Å². The highest BCUT2D eigenvalue weighted by atomic mass is 79.9. The molecule has 0 aromatic heterocycles. The molecule has 2 rings (SSSR count). The van der Waals surface area contributed by atoms with Gasteiger partial charge in [0.25, 0.3) is 5.69 Å². The predicted octanol–water partition coefficient (Wildman–Crippen LogP) is 2.77. The van der Waals surface area contributed by atoms with Crippen molar-refractivity contribution in [2.24, 2.45) is 5.84 Å². The highest BCUT2D eigenvalue weighted by molar-refractivity contribution is 9.10. The summed E-state index contributed by atoms with van der Waals surface area (Å²) in [5, 5.41) is 10.6. The molecule has 0 radical (unpaired) electrons. The first-order chi connectivity index (χ1) is 11.0. The van der Waals surface area contributed by atoms with Crippen molar-refractivity contribution in [2.75, 3.05) is 0 Å². The van der Waals surface area contributed by atoms with Gasteiger partial charge in [-0.25, -0.2) is 5.84 Å². The van der Waals surface area contributed by atoms with Crippen LogP contribution in [0.2, 0.25) is 0 Å². The highest BCUT2D eigenvalue weighted by Gasteiger charge is 2.12. The number of nitro groups is 1. The molecule has 2 aromatic carbocycles. The van der Waals surface area contributed by atoms with Crippen LogP contribution in [0, 0.1) is 10.1 Å². The monoisotopic (exact) mass is 377 g/mol. The number of rotatable bonds is 5. The molecule has 0 fully saturated rings. The van der Waals surface area contributed by atoms with Crippen LogP contribution < -0.4 is 16.0 Å². The van der Waals surface area contributed by atoms with Crippen LogP contribution in [0.3, 0.4) is 0 Å². The standard InChI is InChI=1S/C15H12BrN3O4/c16-11-3-7-13(8-4-11)23-14(15(20)18-17)9-10-1-5-12(6-2-10)19(21)22/h1-9H,17H2,(H,18,20)/b14-9-. The molecule has 0 bridgehead atoms. The highest BCUT2D eigenvalue weighted by Crippen LogP contribution is 2.20. The third-order valence-corrected chi connectivity index (χ3v) is 3.33. The SMILES string of the molecule is NNC(=O)/C(=C/c1ccc([N+](=O)[O-])cc1)Oc1ccc(Br)cc1. The van der Waals surface area contributed by atoms with E-state index in [9.17, 15) is 14.9 Å². The Morgan fingerprint density at radius 2 is 1.78 bits per heavy atom. The van der Waals surface area contributed by atoms with Gasteiger partial charge in [0.2, 0.25) is 0 Å². The first kappa shape index (κ1) is 16.7. The second kappa shape index (κ2) is 7.52. The lowest BCUT2D eigenvalue weighted by atomic mass is 10.2. The molecule has 0 heterocycles. The third-order valence-electron chi connectivity index (χ3n) is 2.80. The Labute approximate surface area is 140 Å². The molecule has 0 aliphatic carbocycles. The summed E-state index contributed by atoms with van der Waals surface area (Å²) in [6.45, 7) is 0. The molecule has 0 unspecified atom stereocenters. The van der Waals surface area contributed by atoms with Crippen molar-refractivity contribution < 1.29 is 14.5 Å². The van der Waals surface area contributed by atoms with Gasteiger partial charge in [-0.1, -0.05) is 15.9 Å². The number of ether oxygens (including phenoxy) is 1. The fraction of sp³-hybridized carbons (Fsp3) is 0. The van der Waals surface area contributed by atoms with Crippen molar-refractivity contribution in [3.8, 4) is 5.75 Å². The van der Waals surface area contributed by atoms with Crippen LogP contribution >= 0.6 is 15.9 Å². The molecule has 118 valence electrons. The van der Waals surface area contributed by atoms with Crippen LogP contribution in [0.15, 0.2) is 58.8 Å². The summed E-state index contributed by atoms with van der Waals surface area (Å²) < 4.78 is 6.39. The van der Waals surface area contributed by atoms with Crippen LogP contribution in [0.25, 0.3) is 6.08 Å². The number of non-ortho nitro benzene ring substituents is 1. The number of benzene rings is 2. The van der Waals surface area contributed by atoms with E-state index in [0.717, 1.165) is 4.47 Å². The Morgan fingerprint density at radius 1 is 1.17 bits per heavy atom. The summed E-state index contributed by atoms with van der Waals surface area (Å²) in [6.07, 6.45) is 1.44. The lowest BCUT2D eigenvalue weighted by Crippen LogP contribution is -2.33. The average molecular weight is 378 g/mol. The second-order valence-electron chi connectivity index (χ2n) is 4.39. The Kier molecular flexibility index (Phi) is 5.45. The van der Waals surface area contributed by atoms with Gasteiger partial charge in [0.15, 0.2) is 5.76 Å². The molecule has 0 atom stereocenters. The number of hydrogen-bond acceptors (Lipinski definition) is 5. The molecule has 0 spiro atoms. The number of carbonyl (C=O) groups is 1. The first-order valence-corrected chi connectivity index (χ1v) is 7.19. The van der Waals surface area contributed by atoms with Crippen molar-refractivity contribution in [1.82, 2.24) is 5.43 Å². The first-order valence-electron chi connectivity index (χ1n) is 6.40. The van der Waals surface area contributed by atoms with Crippen molar-refractivity contribution >= 4 is 33.6 Å². The van der Waals surface area contributed by atoms with E-state index >= 15 is 0 Å². The fourth-order valence-electron chi connectivity index (χ4n) is 1.69. The van der Waals surface area contributed by atoms with E-state index in [1.54, 1.807) is 24.3 Å². The summed E-state index contributed by atoms with van der Waals surface area (Å²) in [7, 11) is 0. The van der Waals surface area contributed by atoms with Crippen molar-refractivity contribution in [3.05, 3.63) is 74.4 Å². The van der Waals surface area contributed by atoms with Crippen molar-refractivity contribution in [2.45, 2.75) is 0 Å². The Hall–Kier alpha value is -2.71.